The third kappa shape index (κ3) is 5.89. The largest absolute Gasteiger partial charge is 0.352 e. The van der Waals surface area contributed by atoms with Crippen LogP contribution in [0.3, 0.4) is 0 Å². The van der Waals surface area contributed by atoms with Gasteiger partial charge in [0.05, 0.1) is 5.56 Å². The summed E-state index contributed by atoms with van der Waals surface area (Å²) >= 11 is 1.50. The number of nitrogens with one attached hydrogen (secondary N) is 3. The van der Waals surface area contributed by atoms with Gasteiger partial charge in [0, 0.05) is 36.1 Å². The first-order chi connectivity index (χ1) is 17.8. The lowest BCUT2D eigenvalue weighted by Gasteiger charge is -2.25. The molecule has 2 aromatic rings. The summed E-state index contributed by atoms with van der Waals surface area (Å²) < 4.78 is 28.1. The van der Waals surface area contributed by atoms with E-state index in [0.717, 1.165) is 49.0 Å². The smallest absolute Gasteiger partial charge is 0.279 e. The molecule has 2 amide bonds. The van der Waals surface area contributed by atoms with Crippen molar-refractivity contribution in [1.82, 2.24) is 20.1 Å². The van der Waals surface area contributed by atoms with E-state index in [9.17, 15) is 18.4 Å². The maximum absolute atomic E-state index is 13.3. The number of carbonyl (C=O) groups is 2. The van der Waals surface area contributed by atoms with Crippen molar-refractivity contribution in [1.29, 1.82) is 0 Å². The third-order valence-corrected chi connectivity index (χ3v) is 8.22. The molecule has 2 fully saturated rings. The SMILES string of the molecule is CN=C(/C=C(\C)Nc1nncn1[C@H]1CCc2sc(NC(=O)C3CC3)c(C(=O)NCC3CC3)c2C1)C(F)F. The van der Waals surface area contributed by atoms with Crippen LogP contribution >= 0.6 is 11.3 Å². The first kappa shape index (κ1) is 25.5. The zero-order valence-electron chi connectivity index (χ0n) is 20.9. The number of aryl methyl sites for hydroxylation is 1. The second kappa shape index (κ2) is 10.7. The van der Waals surface area contributed by atoms with Crippen LogP contribution in [0.1, 0.15) is 65.9 Å². The number of rotatable bonds is 10. The zero-order chi connectivity index (χ0) is 26.1. The predicted molar refractivity (Wildman–Crippen MR) is 139 cm³/mol. The van der Waals surface area contributed by atoms with Crippen LogP contribution in [0.2, 0.25) is 0 Å². The summed E-state index contributed by atoms with van der Waals surface area (Å²) in [5.74, 6) is 0.859. The van der Waals surface area contributed by atoms with Gasteiger partial charge in [-0.25, -0.2) is 8.78 Å². The Hall–Kier alpha value is -3.15. The minimum absolute atomic E-state index is 0.0160. The van der Waals surface area contributed by atoms with Crippen LogP contribution in [0.5, 0.6) is 0 Å². The number of aliphatic imine (C=N–C) groups is 1. The molecule has 0 aromatic carbocycles. The highest BCUT2D eigenvalue weighted by atomic mass is 32.1. The Kier molecular flexibility index (Phi) is 7.36. The normalized spacial score (nSPS) is 20.1. The van der Waals surface area contributed by atoms with Crippen molar-refractivity contribution in [2.24, 2.45) is 16.8 Å². The molecule has 37 heavy (non-hydrogen) atoms. The number of amides is 2. The van der Waals surface area contributed by atoms with Gasteiger partial charge in [0.25, 0.3) is 12.3 Å². The van der Waals surface area contributed by atoms with Gasteiger partial charge in [-0.3, -0.25) is 19.1 Å². The standard InChI is InChI=1S/C25H31F2N7O2S/c1-13(9-18(28-2)21(26)27)31-25-33-30-12-34(25)16-7-8-19-17(10-16)20(23(36)29-11-14-3-4-14)24(37-19)32-22(35)15-5-6-15/h9,12,14-16,21H,3-8,10-11H2,1-2H3,(H,29,36)(H,31,33)(H,32,35)/b13-9+,28-18?/t16-/m0/s1. The van der Waals surface area contributed by atoms with Gasteiger partial charge in [0.15, 0.2) is 0 Å². The molecule has 1 atom stereocenters. The highest BCUT2D eigenvalue weighted by Crippen LogP contribution is 2.42. The summed E-state index contributed by atoms with van der Waals surface area (Å²) in [7, 11) is 1.33. The number of alkyl halides is 2. The van der Waals surface area contributed by atoms with Gasteiger partial charge in [-0.05, 0) is 69.4 Å². The number of aromatic nitrogens is 3. The van der Waals surface area contributed by atoms with Crippen LogP contribution in [0.15, 0.2) is 23.1 Å². The van der Waals surface area contributed by atoms with E-state index in [4.69, 9.17) is 0 Å². The Labute approximate surface area is 217 Å². The Bertz CT molecular complexity index is 1240. The van der Waals surface area contributed by atoms with Gasteiger partial charge in [-0.15, -0.1) is 21.5 Å². The molecule has 0 unspecified atom stereocenters. The Morgan fingerprint density at radius 2 is 2.03 bits per heavy atom. The minimum Gasteiger partial charge on any atom is -0.352 e. The lowest BCUT2D eigenvalue weighted by molar-refractivity contribution is -0.117. The highest BCUT2D eigenvalue weighted by molar-refractivity contribution is 7.17. The molecule has 12 heteroatoms. The molecular formula is C25H31F2N7O2S. The number of hydrogen-bond donors (Lipinski definition) is 3. The van der Waals surface area contributed by atoms with Crippen LogP contribution in [0.25, 0.3) is 0 Å². The molecule has 0 radical (unpaired) electrons. The van der Waals surface area contributed by atoms with Gasteiger partial charge >= 0.3 is 0 Å². The van der Waals surface area contributed by atoms with E-state index in [1.165, 1.54) is 24.5 Å². The lowest BCUT2D eigenvalue weighted by Crippen LogP contribution is -2.28. The number of nitrogens with zero attached hydrogens (tertiary/aromatic N) is 4. The molecule has 3 N–H and O–H groups in total. The minimum atomic E-state index is -2.67. The van der Waals surface area contributed by atoms with E-state index in [1.54, 1.807) is 13.3 Å². The summed E-state index contributed by atoms with van der Waals surface area (Å²) in [6, 6.07) is -0.0382. The first-order valence-electron chi connectivity index (χ1n) is 12.7. The molecule has 3 aliphatic carbocycles. The molecular weight excluding hydrogens is 500 g/mol. The van der Waals surface area contributed by atoms with E-state index in [2.05, 4.69) is 31.1 Å². The van der Waals surface area contributed by atoms with E-state index in [-0.39, 0.29) is 29.5 Å². The van der Waals surface area contributed by atoms with E-state index in [0.29, 0.717) is 41.1 Å². The molecule has 2 saturated carbocycles. The average Bonchev–Trinajstić information content (AvgIpc) is 3.80. The molecule has 9 nitrogen and oxygen atoms in total. The van der Waals surface area contributed by atoms with Crippen LogP contribution in [-0.2, 0) is 17.6 Å². The Morgan fingerprint density at radius 3 is 2.70 bits per heavy atom. The molecule has 5 rings (SSSR count). The van der Waals surface area contributed by atoms with Crippen molar-refractivity contribution in [3.63, 3.8) is 0 Å². The van der Waals surface area contributed by atoms with Gasteiger partial charge in [-0.2, -0.15) is 0 Å². The number of hydrogen-bond acceptors (Lipinski definition) is 7. The molecule has 0 bridgehead atoms. The number of halogens is 2. The number of anilines is 2. The van der Waals surface area contributed by atoms with Crippen LogP contribution in [0, 0.1) is 11.8 Å². The predicted octanol–water partition coefficient (Wildman–Crippen LogP) is 4.21. The fourth-order valence-electron chi connectivity index (χ4n) is 4.60. The van der Waals surface area contributed by atoms with E-state index < -0.39 is 6.43 Å². The highest BCUT2D eigenvalue weighted by Gasteiger charge is 2.35. The second-order valence-corrected chi connectivity index (χ2v) is 11.1. The Balaban J connectivity index is 1.38. The average molecular weight is 532 g/mol. The van der Waals surface area contributed by atoms with Crippen molar-refractivity contribution in [3.8, 4) is 0 Å². The van der Waals surface area contributed by atoms with Gasteiger partial charge in [0.1, 0.15) is 17.0 Å². The van der Waals surface area contributed by atoms with Crippen molar-refractivity contribution >= 4 is 39.8 Å². The maximum Gasteiger partial charge on any atom is 0.279 e. The van der Waals surface area contributed by atoms with Gasteiger partial charge in [0.2, 0.25) is 11.9 Å². The monoisotopic (exact) mass is 531 g/mol. The fraction of sp³-hybridized carbons (Fsp3) is 0.560. The first-order valence-corrected chi connectivity index (χ1v) is 13.5. The fourth-order valence-corrected chi connectivity index (χ4v) is 5.84. The van der Waals surface area contributed by atoms with Crippen LogP contribution in [-0.4, -0.2) is 52.3 Å². The topological polar surface area (TPSA) is 113 Å². The molecule has 0 aliphatic heterocycles. The summed E-state index contributed by atoms with van der Waals surface area (Å²) in [5.41, 5.74) is 1.66. The number of fused-ring (bicyclic) bond motifs is 1. The lowest BCUT2D eigenvalue weighted by atomic mass is 9.91. The van der Waals surface area contributed by atoms with Gasteiger partial charge < -0.3 is 16.0 Å². The molecule has 0 spiro atoms. The van der Waals surface area contributed by atoms with Crippen molar-refractivity contribution in [2.75, 3.05) is 24.2 Å². The molecule has 0 saturated heterocycles. The summed E-state index contributed by atoms with van der Waals surface area (Å²) in [5, 5.41) is 18.0. The Morgan fingerprint density at radius 1 is 1.24 bits per heavy atom. The summed E-state index contributed by atoms with van der Waals surface area (Å²) in [6.07, 6.45) is 6.40. The van der Waals surface area contributed by atoms with Crippen LogP contribution in [0.4, 0.5) is 19.7 Å². The molecule has 198 valence electrons. The van der Waals surface area contributed by atoms with E-state index >= 15 is 0 Å². The third-order valence-electron chi connectivity index (χ3n) is 7.02. The quantitative estimate of drug-likeness (QED) is 0.398. The summed E-state index contributed by atoms with van der Waals surface area (Å²) in [6.45, 7) is 2.32. The second-order valence-electron chi connectivity index (χ2n) is 9.98. The number of allylic oxidation sites excluding steroid dienone is 2. The number of thiophene rings is 1. The van der Waals surface area contributed by atoms with Gasteiger partial charge in [-0.1, -0.05) is 0 Å². The molecule has 2 aromatic heterocycles. The number of carbonyl (C=O) groups excluding carboxylic acids is 2. The maximum atomic E-state index is 13.3. The van der Waals surface area contributed by atoms with Crippen LogP contribution < -0.4 is 16.0 Å². The summed E-state index contributed by atoms with van der Waals surface area (Å²) in [4.78, 5) is 30.6. The van der Waals surface area contributed by atoms with E-state index in [1.807, 2.05) is 4.57 Å². The van der Waals surface area contributed by atoms with Crippen molar-refractivity contribution in [2.45, 2.75) is 64.3 Å². The zero-order valence-corrected chi connectivity index (χ0v) is 21.7. The van der Waals surface area contributed by atoms with Crippen molar-refractivity contribution in [3.05, 3.63) is 34.1 Å². The molecule has 2 heterocycles. The van der Waals surface area contributed by atoms with Crippen molar-refractivity contribution < 1.29 is 18.4 Å². The molecule has 3 aliphatic rings.